The van der Waals surface area contributed by atoms with Crippen molar-refractivity contribution >= 4 is 23.3 Å². The molecule has 1 fully saturated rings. The lowest BCUT2D eigenvalue weighted by Gasteiger charge is -2.36. The molecule has 1 aromatic carbocycles. The summed E-state index contributed by atoms with van der Waals surface area (Å²) in [5.41, 5.74) is 2.73. The lowest BCUT2D eigenvalue weighted by atomic mass is 10.2. The number of urea groups is 1. The smallest absolute Gasteiger partial charge is 0.319 e. The second kappa shape index (κ2) is 8.49. The second-order valence-corrected chi connectivity index (χ2v) is 7.72. The van der Waals surface area contributed by atoms with Crippen molar-refractivity contribution in [3.8, 4) is 0 Å². The van der Waals surface area contributed by atoms with Gasteiger partial charge in [0, 0.05) is 58.5 Å². The molecule has 0 atom stereocenters. The summed E-state index contributed by atoms with van der Waals surface area (Å²) in [5, 5.41) is 2.99. The fourth-order valence-corrected chi connectivity index (χ4v) is 3.77. The number of pyridine rings is 1. The van der Waals surface area contributed by atoms with Gasteiger partial charge in [0.2, 0.25) is 0 Å². The van der Waals surface area contributed by atoms with Gasteiger partial charge in [-0.05, 0) is 29.8 Å². The van der Waals surface area contributed by atoms with Crippen LogP contribution < -0.4 is 10.2 Å². The van der Waals surface area contributed by atoms with Gasteiger partial charge in [-0.25, -0.2) is 4.79 Å². The number of nitrogens with zero attached hydrogens (tertiary/aromatic N) is 4. The van der Waals surface area contributed by atoms with E-state index in [9.17, 15) is 9.59 Å². The first-order valence-corrected chi connectivity index (χ1v) is 10.2. The van der Waals surface area contributed by atoms with Gasteiger partial charge in [0.05, 0.1) is 5.56 Å². The second-order valence-electron chi connectivity index (χ2n) is 7.72. The molecule has 0 saturated carbocycles. The average molecular weight is 406 g/mol. The monoisotopic (exact) mass is 405 g/mol. The summed E-state index contributed by atoms with van der Waals surface area (Å²) in [7, 11) is 3.55. The molecule has 30 heavy (non-hydrogen) atoms. The van der Waals surface area contributed by atoms with E-state index in [1.54, 1.807) is 19.0 Å². The topological polar surface area (TPSA) is 60.3 Å². The summed E-state index contributed by atoms with van der Waals surface area (Å²) >= 11 is 0. The maximum Gasteiger partial charge on any atom is 0.319 e. The molecule has 3 heterocycles. The van der Waals surface area contributed by atoms with E-state index in [4.69, 9.17) is 0 Å². The van der Waals surface area contributed by atoms with Gasteiger partial charge in [0.1, 0.15) is 5.82 Å². The van der Waals surface area contributed by atoms with Gasteiger partial charge in [0.15, 0.2) is 0 Å². The Labute approximate surface area is 176 Å². The summed E-state index contributed by atoms with van der Waals surface area (Å²) < 4.78 is 2.06. The molecule has 1 aliphatic rings. The van der Waals surface area contributed by atoms with Crippen molar-refractivity contribution in [2.45, 2.75) is 6.54 Å². The first kappa shape index (κ1) is 19.8. The van der Waals surface area contributed by atoms with Crippen molar-refractivity contribution in [1.29, 1.82) is 0 Å². The van der Waals surface area contributed by atoms with Crippen LogP contribution in [-0.2, 0) is 6.54 Å². The molecule has 1 N–H and O–H groups in total. The highest BCUT2D eigenvalue weighted by Crippen LogP contribution is 2.22. The normalized spacial score (nSPS) is 14.1. The van der Waals surface area contributed by atoms with Gasteiger partial charge in [-0.15, -0.1) is 0 Å². The van der Waals surface area contributed by atoms with Crippen molar-refractivity contribution in [3.63, 3.8) is 0 Å². The Morgan fingerprint density at radius 3 is 2.33 bits per heavy atom. The molecular weight excluding hydrogens is 378 g/mol. The molecule has 7 heteroatoms. The molecule has 7 nitrogen and oxygen atoms in total. The number of fused-ring (bicyclic) bond motifs is 1. The third-order valence-electron chi connectivity index (χ3n) is 5.44. The van der Waals surface area contributed by atoms with Crippen molar-refractivity contribution in [1.82, 2.24) is 19.5 Å². The molecule has 0 bridgehead atoms. The van der Waals surface area contributed by atoms with Crippen LogP contribution in [0.25, 0.3) is 5.52 Å². The van der Waals surface area contributed by atoms with E-state index < -0.39 is 0 Å². The molecule has 0 unspecified atom stereocenters. The first-order chi connectivity index (χ1) is 14.5. The number of benzene rings is 1. The maximum atomic E-state index is 12.7. The number of amides is 3. The lowest BCUT2D eigenvalue weighted by Crippen LogP contribution is -2.51. The summed E-state index contributed by atoms with van der Waals surface area (Å²) in [6.45, 7) is 3.38. The summed E-state index contributed by atoms with van der Waals surface area (Å²) in [5.74, 6) is 0.946. The predicted octanol–water partition coefficient (Wildman–Crippen LogP) is 2.67. The van der Waals surface area contributed by atoms with Crippen LogP contribution in [0.2, 0.25) is 0 Å². The van der Waals surface area contributed by atoms with E-state index in [1.807, 2.05) is 53.6 Å². The van der Waals surface area contributed by atoms with E-state index in [0.29, 0.717) is 25.2 Å². The molecule has 0 aliphatic carbocycles. The van der Waals surface area contributed by atoms with Crippen LogP contribution in [0, 0.1) is 0 Å². The van der Waals surface area contributed by atoms with Crippen LogP contribution in [-0.4, -0.2) is 66.4 Å². The third kappa shape index (κ3) is 4.10. The van der Waals surface area contributed by atoms with Crippen molar-refractivity contribution in [2.75, 3.05) is 45.2 Å². The molecule has 2 aromatic heterocycles. The van der Waals surface area contributed by atoms with Crippen molar-refractivity contribution in [2.24, 2.45) is 0 Å². The molecule has 1 saturated heterocycles. The third-order valence-corrected chi connectivity index (χ3v) is 5.44. The minimum atomic E-state index is -0.0956. The zero-order valence-corrected chi connectivity index (χ0v) is 17.4. The Morgan fingerprint density at radius 2 is 1.63 bits per heavy atom. The van der Waals surface area contributed by atoms with Gasteiger partial charge in [-0.2, -0.15) is 0 Å². The van der Waals surface area contributed by atoms with Crippen molar-refractivity contribution < 1.29 is 9.59 Å². The first-order valence-electron chi connectivity index (χ1n) is 10.2. The quantitative estimate of drug-likeness (QED) is 0.726. The van der Waals surface area contributed by atoms with E-state index in [-0.39, 0.29) is 11.9 Å². The molecule has 3 aromatic rings. The SMILES string of the molecule is CN(C)C(=O)N1CCN(c2ccc3ccc(C(=O)NCc4ccccc4)cn23)CC1. The zero-order chi connectivity index (χ0) is 21.1. The number of rotatable bonds is 4. The van der Waals surface area contributed by atoms with Gasteiger partial charge in [-0.3, -0.25) is 4.79 Å². The summed E-state index contributed by atoms with van der Waals surface area (Å²) in [4.78, 5) is 30.6. The molecule has 1 aliphatic heterocycles. The number of anilines is 1. The van der Waals surface area contributed by atoms with Crippen LogP contribution in [0.1, 0.15) is 15.9 Å². The van der Waals surface area contributed by atoms with Crippen LogP contribution in [0.15, 0.2) is 60.8 Å². The molecule has 156 valence electrons. The number of piperazine rings is 1. The average Bonchev–Trinajstić information content (AvgIpc) is 3.21. The highest BCUT2D eigenvalue weighted by Gasteiger charge is 2.23. The summed E-state index contributed by atoms with van der Waals surface area (Å²) in [6, 6.07) is 17.9. The Bertz CT molecular complexity index is 1040. The number of hydrogen-bond donors (Lipinski definition) is 1. The minimum absolute atomic E-state index is 0.0482. The highest BCUT2D eigenvalue weighted by atomic mass is 16.2. The van der Waals surface area contributed by atoms with E-state index >= 15 is 0 Å². The van der Waals surface area contributed by atoms with Gasteiger partial charge < -0.3 is 24.4 Å². The number of hydrogen-bond acceptors (Lipinski definition) is 3. The van der Waals surface area contributed by atoms with Crippen LogP contribution >= 0.6 is 0 Å². The largest absolute Gasteiger partial charge is 0.354 e. The standard InChI is InChI=1S/C23H27N5O2/c1-25(2)23(30)27-14-12-26(13-15-27)21-11-10-20-9-8-19(17-28(20)21)22(29)24-16-18-6-4-3-5-7-18/h3-11,17H,12-16H2,1-2H3,(H,24,29). The molecule has 3 amide bonds. The molecule has 4 rings (SSSR count). The maximum absolute atomic E-state index is 12.7. The fraction of sp³-hybridized carbons (Fsp3) is 0.304. The van der Waals surface area contributed by atoms with E-state index in [0.717, 1.165) is 30.0 Å². The van der Waals surface area contributed by atoms with Crippen LogP contribution in [0.5, 0.6) is 0 Å². The minimum Gasteiger partial charge on any atom is -0.354 e. The summed E-state index contributed by atoms with van der Waals surface area (Å²) in [6.07, 6.45) is 1.89. The van der Waals surface area contributed by atoms with E-state index in [1.165, 1.54) is 0 Å². The Balaban J connectivity index is 1.47. The van der Waals surface area contributed by atoms with Crippen LogP contribution in [0.4, 0.5) is 10.6 Å². The lowest BCUT2D eigenvalue weighted by molar-refractivity contribution is 0.0950. The highest BCUT2D eigenvalue weighted by molar-refractivity contribution is 5.94. The van der Waals surface area contributed by atoms with Gasteiger partial charge in [0.25, 0.3) is 5.91 Å². The fourth-order valence-electron chi connectivity index (χ4n) is 3.77. The molecular formula is C23H27N5O2. The molecule has 0 radical (unpaired) electrons. The zero-order valence-electron chi connectivity index (χ0n) is 17.4. The van der Waals surface area contributed by atoms with Gasteiger partial charge >= 0.3 is 6.03 Å². The number of carbonyl (C=O) groups is 2. The predicted molar refractivity (Wildman–Crippen MR) is 118 cm³/mol. The van der Waals surface area contributed by atoms with Gasteiger partial charge in [-0.1, -0.05) is 30.3 Å². The number of nitrogens with one attached hydrogen (secondary N) is 1. The molecule has 0 spiro atoms. The Kier molecular flexibility index (Phi) is 5.61. The number of aromatic nitrogens is 1. The van der Waals surface area contributed by atoms with Crippen LogP contribution in [0.3, 0.4) is 0 Å². The van der Waals surface area contributed by atoms with E-state index in [2.05, 4.69) is 26.8 Å². The number of carbonyl (C=O) groups excluding carboxylic acids is 2. The van der Waals surface area contributed by atoms with Crippen molar-refractivity contribution in [3.05, 3.63) is 71.9 Å². The Morgan fingerprint density at radius 1 is 0.933 bits per heavy atom. The Hall–Kier alpha value is -3.48.